The third-order valence-corrected chi connectivity index (χ3v) is 3.29. The molecular formula is C18H20O. The number of carbonyl (C=O) groups excluding carboxylic acids is 1. The summed E-state index contributed by atoms with van der Waals surface area (Å²) in [4.78, 5) is 12.6. The second-order valence-corrected chi connectivity index (χ2v) is 5.94. The summed E-state index contributed by atoms with van der Waals surface area (Å²) in [5, 5.41) is 0. The van der Waals surface area contributed by atoms with Crippen LogP contribution < -0.4 is 0 Å². The summed E-state index contributed by atoms with van der Waals surface area (Å²) in [6.07, 6.45) is 0. The lowest BCUT2D eigenvalue weighted by molar-refractivity contribution is 0.0859. The Balaban J connectivity index is 2.61. The lowest BCUT2D eigenvalue weighted by Gasteiger charge is -2.19. The van der Waals surface area contributed by atoms with Gasteiger partial charge in [-0.25, -0.2) is 0 Å². The van der Waals surface area contributed by atoms with E-state index >= 15 is 0 Å². The maximum absolute atomic E-state index is 12.6. The van der Waals surface area contributed by atoms with Crippen LogP contribution in [0.3, 0.4) is 0 Å². The summed E-state index contributed by atoms with van der Waals surface area (Å²) in [6.45, 7) is 7.96. The minimum atomic E-state index is -0.362. The largest absolute Gasteiger partial charge is 0.294 e. The molecular weight excluding hydrogens is 232 g/mol. The van der Waals surface area contributed by atoms with Crippen molar-refractivity contribution in [2.24, 2.45) is 5.41 Å². The van der Waals surface area contributed by atoms with Crippen molar-refractivity contribution in [2.75, 3.05) is 0 Å². The molecule has 0 bridgehead atoms. The van der Waals surface area contributed by atoms with Crippen molar-refractivity contribution in [3.63, 3.8) is 0 Å². The number of ketones is 1. The van der Waals surface area contributed by atoms with Crippen LogP contribution in [0.15, 0.2) is 48.5 Å². The lowest BCUT2D eigenvalue weighted by atomic mass is 9.83. The molecule has 0 N–H and O–H groups in total. The summed E-state index contributed by atoms with van der Waals surface area (Å²) in [7, 11) is 0. The highest BCUT2D eigenvalue weighted by molar-refractivity contribution is 6.05. The molecule has 2 aromatic carbocycles. The highest BCUT2D eigenvalue weighted by atomic mass is 16.1. The molecule has 0 saturated heterocycles. The van der Waals surface area contributed by atoms with Crippen LogP contribution in [0.5, 0.6) is 0 Å². The predicted octanol–water partition coefficient (Wildman–Crippen LogP) is 4.89. The Bertz CT molecular complexity index is 603. The van der Waals surface area contributed by atoms with E-state index in [0.717, 1.165) is 16.7 Å². The van der Waals surface area contributed by atoms with Crippen LogP contribution >= 0.6 is 0 Å². The summed E-state index contributed by atoms with van der Waals surface area (Å²) >= 11 is 0. The first-order valence-electron chi connectivity index (χ1n) is 6.61. The number of hydrogen-bond donors (Lipinski definition) is 0. The van der Waals surface area contributed by atoms with Gasteiger partial charge in [-0.3, -0.25) is 4.79 Å². The number of carbonyl (C=O) groups is 1. The Morgan fingerprint density at radius 2 is 1.37 bits per heavy atom. The van der Waals surface area contributed by atoms with Crippen molar-refractivity contribution in [3.8, 4) is 11.1 Å². The monoisotopic (exact) mass is 252 g/mol. The molecule has 1 heteroatoms. The summed E-state index contributed by atoms with van der Waals surface area (Å²) in [5.41, 5.74) is 3.80. The van der Waals surface area contributed by atoms with Crippen LogP contribution in [0, 0.1) is 12.3 Å². The molecule has 0 aromatic heterocycles. The third-order valence-electron chi connectivity index (χ3n) is 3.29. The molecule has 0 spiro atoms. The maximum Gasteiger partial charge on any atom is 0.168 e. The van der Waals surface area contributed by atoms with E-state index in [9.17, 15) is 4.79 Å². The number of hydrogen-bond acceptors (Lipinski definition) is 1. The van der Waals surface area contributed by atoms with Crippen molar-refractivity contribution in [2.45, 2.75) is 27.7 Å². The summed E-state index contributed by atoms with van der Waals surface area (Å²) in [6, 6.07) is 16.1. The molecule has 0 saturated carbocycles. The fraction of sp³-hybridized carbons (Fsp3) is 0.278. The van der Waals surface area contributed by atoms with E-state index < -0.39 is 0 Å². The van der Waals surface area contributed by atoms with Gasteiger partial charge in [-0.05, 0) is 23.6 Å². The highest BCUT2D eigenvalue weighted by Gasteiger charge is 2.25. The molecule has 2 aromatic rings. The predicted molar refractivity (Wildman–Crippen MR) is 80.4 cm³/mol. The van der Waals surface area contributed by atoms with E-state index in [0.29, 0.717) is 0 Å². The van der Waals surface area contributed by atoms with Gasteiger partial charge in [-0.15, -0.1) is 0 Å². The molecule has 2 rings (SSSR count). The molecule has 0 unspecified atom stereocenters. The molecule has 1 nitrogen and oxygen atoms in total. The van der Waals surface area contributed by atoms with E-state index in [1.165, 1.54) is 5.56 Å². The van der Waals surface area contributed by atoms with Gasteiger partial charge in [0.1, 0.15) is 0 Å². The number of rotatable bonds is 2. The standard InChI is InChI=1S/C18H20O/c1-13-9-5-6-10-14(13)15-11-7-8-12-16(15)17(19)18(2,3)4/h5-12H,1-4H3. The second kappa shape index (κ2) is 5.00. The zero-order valence-corrected chi connectivity index (χ0v) is 12.0. The van der Waals surface area contributed by atoms with E-state index in [1.54, 1.807) is 0 Å². The number of aryl methyl sites for hydroxylation is 1. The SMILES string of the molecule is Cc1ccccc1-c1ccccc1C(=O)C(C)(C)C. The van der Waals surface area contributed by atoms with Gasteiger partial charge in [0.2, 0.25) is 0 Å². The third kappa shape index (κ3) is 2.76. The Morgan fingerprint density at radius 1 is 0.842 bits per heavy atom. The Morgan fingerprint density at radius 3 is 1.95 bits per heavy atom. The molecule has 0 aliphatic carbocycles. The molecule has 98 valence electrons. The summed E-state index contributed by atoms with van der Waals surface area (Å²) < 4.78 is 0. The first-order chi connectivity index (χ1) is 8.91. The Kier molecular flexibility index (Phi) is 3.57. The minimum absolute atomic E-state index is 0.186. The highest BCUT2D eigenvalue weighted by Crippen LogP contribution is 2.31. The van der Waals surface area contributed by atoms with Gasteiger partial charge >= 0.3 is 0 Å². The zero-order chi connectivity index (χ0) is 14.0. The fourth-order valence-electron chi connectivity index (χ4n) is 2.20. The maximum atomic E-state index is 12.6. The van der Waals surface area contributed by atoms with Crippen LogP contribution in [-0.4, -0.2) is 5.78 Å². The van der Waals surface area contributed by atoms with Gasteiger partial charge in [0.15, 0.2) is 5.78 Å². The molecule has 0 fully saturated rings. The number of Topliss-reactive ketones (excluding diaryl/α,β-unsaturated/α-hetero) is 1. The topological polar surface area (TPSA) is 17.1 Å². The van der Waals surface area contributed by atoms with E-state index in [-0.39, 0.29) is 11.2 Å². The van der Waals surface area contributed by atoms with Gasteiger partial charge in [-0.2, -0.15) is 0 Å². The van der Waals surface area contributed by atoms with Crippen molar-refractivity contribution >= 4 is 5.78 Å². The van der Waals surface area contributed by atoms with E-state index in [4.69, 9.17) is 0 Å². The molecule has 0 aliphatic heterocycles. The van der Waals surface area contributed by atoms with Crippen molar-refractivity contribution in [3.05, 3.63) is 59.7 Å². The van der Waals surface area contributed by atoms with Crippen LogP contribution in [-0.2, 0) is 0 Å². The summed E-state index contributed by atoms with van der Waals surface area (Å²) in [5.74, 6) is 0.186. The van der Waals surface area contributed by atoms with Gasteiger partial charge in [0.25, 0.3) is 0 Å². The molecule has 0 atom stereocenters. The Labute approximate surface area is 115 Å². The van der Waals surface area contributed by atoms with Crippen LogP contribution in [0.25, 0.3) is 11.1 Å². The number of benzene rings is 2. The van der Waals surface area contributed by atoms with Crippen molar-refractivity contribution in [1.82, 2.24) is 0 Å². The molecule has 0 radical (unpaired) electrons. The van der Waals surface area contributed by atoms with Crippen LogP contribution in [0.1, 0.15) is 36.7 Å². The first-order valence-corrected chi connectivity index (χ1v) is 6.61. The fourth-order valence-corrected chi connectivity index (χ4v) is 2.20. The van der Waals surface area contributed by atoms with E-state index in [2.05, 4.69) is 19.1 Å². The van der Waals surface area contributed by atoms with Crippen LogP contribution in [0.4, 0.5) is 0 Å². The van der Waals surface area contributed by atoms with Gasteiger partial charge < -0.3 is 0 Å². The van der Waals surface area contributed by atoms with Crippen LogP contribution in [0.2, 0.25) is 0 Å². The second-order valence-electron chi connectivity index (χ2n) is 5.94. The normalized spacial score (nSPS) is 11.4. The van der Waals surface area contributed by atoms with Crippen molar-refractivity contribution < 1.29 is 4.79 Å². The van der Waals surface area contributed by atoms with Gasteiger partial charge in [0.05, 0.1) is 0 Å². The molecule has 19 heavy (non-hydrogen) atoms. The minimum Gasteiger partial charge on any atom is -0.294 e. The quantitative estimate of drug-likeness (QED) is 0.695. The Hall–Kier alpha value is -1.89. The average molecular weight is 252 g/mol. The first kappa shape index (κ1) is 13.5. The molecule has 0 amide bonds. The van der Waals surface area contributed by atoms with Gasteiger partial charge in [0, 0.05) is 11.0 Å². The zero-order valence-electron chi connectivity index (χ0n) is 12.0. The van der Waals surface area contributed by atoms with E-state index in [1.807, 2.05) is 57.2 Å². The van der Waals surface area contributed by atoms with Gasteiger partial charge in [-0.1, -0.05) is 69.3 Å². The average Bonchev–Trinajstić information content (AvgIpc) is 2.37. The smallest absolute Gasteiger partial charge is 0.168 e. The van der Waals surface area contributed by atoms with Crippen molar-refractivity contribution in [1.29, 1.82) is 0 Å². The molecule has 0 aliphatic rings. The lowest BCUT2D eigenvalue weighted by Crippen LogP contribution is -2.20. The molecule has 0 heterocycles.